The monoisotopic (exact) mass is 338 g/mol. The van der Waals surface area contributed by atoms with E-state index in [1.807, 2.05) is 24.9 Å². The predicted octanol–water partition coefficient (Wildman–Crippen LogP) is 5.33. The van der Waals surface area contributed by atoms with Crippen molar-refractivity contribution in [2.45, 2.75) is 13.3 Å². The summed E-state index contributed by atoms with van der Waals surface area (Å²) in [6.07, 6.45) is 2.24. The topological polar surface area (TPSA) is 15.6 Å². The molecule has 0 radical (unpaired) electrons. The molecule has 0 aliphatic heterocycles. The Morgan fingerprint density at radius 1 is 1.18 bits per heavy atom. The van der Waals surface area contributed by atoms with Gasteiger partial charge >= 0.3 is 0 Å². The number of hydrogen-bond donors (Lipinski definition) is 0. The van der Waals surface area contributed by atoms with Gasteiger partial charge in [-0.05, 0) is 48.7 Å². The van der Waals surface area contributed by atoms with Crippen molar-refractivity contribution in [1.29, 1.82) is 0 Å². The van der Waals surface area contributed by atoms with Crippen LogP contribution in [0.4, 0.5) is 10.1 Å². The van der Waals surface area contributed by atoms with Gasteiger partial charge in [-0.25, -0.2) is 9.38 Å². The molecule has 0 saturated carbocycles. The van der Waals surface area contributed by atoms with Crippen LogP contribution < -0.4 is 0 Å². The van der Waals surface area contributed by atoms with E-state index in [0.29, 0.717) is 22.2 Å². The van der Waals surface area contributed by atoms with Crippen LogP contribution >= 0.6 is 23.2 Å². The highest BCUT2D eigenvalue weighted by molar-refractivity contribution is 6.35. The van der Waals surface area contributed by atoms with Crippen LogP contribution in [0.5, 0.6) is 0 Å². The van der Waals surface area contributed by atoms with E-state index >= 15 is 0 Å². The summed E-state index contributed by atoms with van der Waals surface area (Å²) in [6.45, 7) is 2.88. The van der Waals surface area contributed by atoms with Crippen LogP contribution in [0.15, 0.2) is 41.4 Å². The minimum absolute atomic E-state index is 0.261. The zero-order valence-corrected chi connectivity index (χ0v) is 14.0. The Morgan fingerprint density at radius 3 is 2.64 bits per heavy atom. The Labute approximate surface area is 140 Å². The first kappa shape index (κ1) is 16.8. The number of nitrogens with zero attached hydrogens (tertiary/aromatic N) is 2. The van der Waals surface area contributed by atoms with Gasteiger partial charge in [0.05, 0.1) is 17.0 Å². The van der Waals surface area contributed by atoms with E-state index in [1.54, 1.807) is 24.5 Å². The molecule has 2 rings (SSSR count). The molecule has 116 valence electrons. The van der Waals surface area contributed by atoms with Crippen LogP contribution in [0.1, 0.15) is 18.1 Å². The molecule has 0 unspecified atom stereocenters. The predicted molar refractivity (Wildman–Crippen MR) is 92.1 cm³/mol. The normalized spacial score (nSPS) is 11.1. The van der Waals surface area contributed by atoms with Crippen molar-refractivity contribution in [1.82, 2.24) is 4.90 Å². The maximum Gasteiger partial charge on any atom is 0.123 e. The van der Waals surface area contributed by atoms with E-state index < -0.39 is 0 Å². The smallest absolute Gasteiger partial charge is 0.123 e. The largest absolute Gasteiger partial charge is 0.366 e. The van der Waals surface area contributed by atoms with Crippen molar-refractivity contribution in [3.8, 4) is 0 Å². The third kappa shape index (κ3) is 4.46. The Kier molecular flexibility index (Phi) is 5.81. The van der Waals surface area contributed by atoms with E-state index in [1.165, 1.54) is 12.1 Å². The van der Waals surface area contributed by atoms with E-state index in [4.69, 9.17) is 23.2 Å². The van der Waals surface area contributed by atoms with Crippen LogP contribution in [-0.4, -0.2) is 24.8 Å². The molecule has 2 aromatic carbocycles. The summed E-state index contributed by atoms with van der Waals surface area (Å²) in [4.78, 5) is 6.26. The first-order valence-electron chi connectivity index (χ1n) is 6.96. The van der Waals surface area contributed by atoms with Gasteiger partial charge in [-0.3, -0.25) is 0 Å². The first-order valence-corrected chi connectivity index (χ1v) is 7.72. The Balaban J connectivity index is 2.24. The van der Waals surface area contributed by atoms with Crippen molar-refractivity contribution in [2.75, 3.05) is 13.6 Å². The number of halogens is 3. The summed E-state index contributed by atoms with van der Waals surface area (Å²) in [7, 11) is 1.93. The number of hydrogen-bond acceptors (Lipinski definition) is 1. The third-order valence-corrected chi connectivity index (χ3v) is 3.95. The Hall–Kier alpha value is -1.58. The molecule has 2 nitrogen and oxygen atoms in total. The molecule has 0 fully saturated rings. The molecular weight excluding hydrogens is 322 g/mol. The first-order chi connectivity index (χ1) is 10.5. The van der Waals surface area contributed by atoms with Gasteiger partial charge in [-0.1, -0.05) is 35.3 Å². The number of aliphatic imine (C=N–C) groups is 1. The van der Waals surface area contributed by atoms with Crippen LogP contribution in [0.3, 0.4) is 0 Å². The van der Waals surface area contributed by atoms with E-state index in [9.17, 15) is 4.39 Å². The van der Waals surface area contributed by atoms with Crippen LogP contribution in [0, 0.1) is 5.82 Å². The van der Waals surface area contributed by atoms with Gasteiger partial charge in [0.2, 0.25) is 0 Å². The summed E-state index contributed by atoms with van der Waals surface area (Å²) in [5, 5.41) is 1.09. The molecule has 0 atom stereocenters. The third-order valence-electron chi connectivity index (χ3n) is 3.29. The van der Waals surface area contributed by atoms with Gasteiger partial charge in [0.15, 0.2) is 0 Å². The maximum absolute atomic E-state index is 13.2. The molecule has 5 heteroatoms. The van der Waals surface area contributed by atoms with Gasteiger partial charge in [-0.15, -0.1) is 0 Å². The lowest BCUT2D eigenvalue weighted by molar-refractivity contribution is 0.552. The fourth-order valence-electron chi connectivity index (χ4n) is 1.92. The minimum atomic E-state index is -0.261. The van der Waals surface area contributed by atoms with Crippen molar-refractivity contribution in [3.63, 3.8) is 0 Å². The van der Waals surface area contributed by atoms with Crippen molar-refractivity contribution in [2.24, 2.45) is 4.99 Å². The molecule has 22 heavy (non-hydrogen) atoms. The van der Waals surface area contributed by atoms with Gasteiger partial charge in [0.1, 0.15) is 5.82 Å². The molecule has 0 saturated heterocycles. The summed E-state index contributed by atoms with van der Waals surface area (Å²) >= 11 is 12.6. The highest BCUT2D eigenvalue weighted by Gasteiger charge is 2.08. The van der Waals surface area contributed by atoms with Gasteiger partial charge in [-0.2, -0.15) is 0 Å². The molecular formula is C17H17Cl2FN2. The van der Waals surface area contributed by atoms with Crippen LogP contribution in [-0.2, 0) is 6.42 Å². The fraction of sp³-hybridized carbons (Fsp3) is 0.235. The van der Waals surface area contributed by atoms with Crippen molar-refractivity contribution >= 4 is 35.2 Å². The van der Waals surface area contributed by atoms with Gasteiger partial charge in [0, 0.05) is 18.6 Å². The number of benzene rings is 2. The quantitative estimate of drug-likeness (QED) is 0.531. The Bertz CT molecular complexity index is 686. The molecule has 0 bridgehead atoms. The molecule has 0 spiro atoms. The van der Waals surface area contributed by atoms with E-state index in [0.717, 1.165) is 17.7 Å². The van der Waals surface area contributed by atoms with Crippen molar-refractivity contribution in [3.05, 3.63) is 63.4 Å². The molecule has 0 N–H and O–H groups in total. The average molecular weight is 339 g/mol. The highest BCUT2D eigenvalue weighted by Crippen LogP contribution is 2.32. The lowest BCUT2D eigenvalue weighted by Crippen LogP contribution is -2.14. The minimum Gasteiger partial charge on any atom is -0.366 e. The SMILES string of the molecule is CCN(C)C=Nc1cc(Cl)c(Cc2cccc(F)c2)cc1Cl. The second kappa shape index (κ2) is 7.61. The fourth-order valence-corrected chi connectivity index (χ4v) is 2.38. The van der Waals surface area contributed by atoms with E-state index in [-0.39, 0.29) is 5.82 Å². The molecule has 0 amide bonds. The number of rotatable bonds is 5. The average Bonchev–Trinajstić information content (AvgIpc) is 2.49. The zero-order chi connectivity index (χ0) is 16.1. The molecule has 0 aliphatic rings. The molecule has 0 heterocycles. The molecule has 0 aliphatic carbocycles. The van der Waals surface area contributed by atoms with Crippen LogP contribution in [0.2, 0.25) is 10.0 Å². The second-order valence-corrected chi connectivity index (χ2v) is 5.83. The molecule has 0 aromatic heterocycles. The second-order valence-electron chi connectivity index (χ2n) is 5.02. The highest BCUT2D eigenvalue weighted by atomic mass is 35.5. The standard InChI is InChI=1S/C17H17Cl2FN2/c1-3-22(2)11-21-17-10-15(18)13(9-16(17)19)7-12-5-4-6-14(20)8-12/h4-6,8-11H,3,7H2,1-2H3. The zero-order valence-electron chi connectivity index (χ0n) is 12.5. The Morgan fingerprint density at radius 2 is 1.95 bits per heavy atom. The summed E-state index contributed by atoms with van der Waals surface area (Å²) in [5.74, 6) is -0.261. The van der Waals surface area contributed by atoms with Crippen LogP contribution in [0.25, 0.3) is 0 Å². The van der Waals surface area contributed by atoms with Gasteiger partial charge in [0.25, 0.3) is 0 Å². The summed E-state index contributed by atoms with van der Waals surface area (Å²) < 4.78 is 13.2. The maximum atomic E-state index is 13.2. The van der Waals surface area contributed by atoms with E-state index in [2.05, 4.69) is 4.99 Å². The summed E-state index contributed by atoms with van der Waals surface area (Å²) in [6, 6.07) is 9.97. The molecule has 2 aromatic rings. The lowest BCUT2D eigenvalue weighted by Gasteiger charge is -2.10. The summed E-state index contributed by atoms with van der Waals surface area (Å²) in [5.41, 5.74) is 2.31. The van der Waals surface area contributed by atoms with Crippen molar-refractivity contribution < 1.29 is 4.39 Å². The van der Waals surface area contributed by atoms with Gasteiger partial charge < -0.3 is 4.90 Å². The lowest BCUT2D eigenvalue weighted by atomic mass is 10.0.